The van der Waals surface area contributed by atoms with Gasteiger partial charge in [0.05, 0.1) is 11.9 Å². The third-order valence-corrected chi connectivity index (χ3v) is 4.64. The highest BCUT2D eigenvalue weighted by Crippen LogP contribution is 2.18. The van der Waals surface area contributed by atoms with Crippen LogP contribution in [0.4, 0.5) is 4.79 Å². The van der Waals surface area contributed by atoms with Crippen molar-refractivity contribution < 1.29 is 4.79 Å². The van der Waals surface area contributed by atoms with Crippen molar-refractivity contribution >= 4 is 6.03 Å². The SMILES string of the molecule is CC.O=C(N1CCN(Cc2ccccn2)CC1)n1cc(-c2ccccc2)cn1. The first-order chi connectivity index (χ1) is 13.8. The van der Waals surface area contributed by atoms with Crippen LogP contribution >= 0.6 is 0 Å². The Bertz CT molecular complexity index is 855. The minimum absolute atomic E-state index is 0.0651. The van der Waals surface area contributed by atoms with Gasteiger partial charge in [0, 0.05) is 50.7 Å². The van der Waals surface area contributed by atoms with E-state index < -0.39 is 0 Å². The van der Waals surface area contributed by atoms with Crippen molar-refractivity contribution in [2.24, 2.45) is 0 Å². The second-order valence-electron chi connectivity index (χ2n) is 6.41. The molecule has 0 bridgehead atoms. The maximum absolute atomic E-state index is 12.7. The van der Waals surface area contributed by atoms with Gasteiger partial charge >= 0.3 is 6.03 Å². The number of carbonyl (C=O) groups is 1. The lowest BCUT2D eigenvalue weighted by Gasteiger charge is -2.34. The van der Waals surface area contributed by atoms with Gasteiger partial charge in [-0.3, -0.25) is 9.88 Å². The number of pyridine rings is 1. The van der Waals surface area contributed by atoms with Gasteiger partial charge in [0.25, 0.3) is 0 Å². The molecule has 0 spiro atoms. The molecule has 28 heavy (non-hydrogen) atoms. The first-order valence-corrected chi connectivity index (χ1v) is 9.81. The van der Waals surface area contributed by atoms with Gasteiger partial charge in [-0.15, -0.1) is 0 Å². The highest BCUT2D eigenvalue weighted by molar-refractivity contribution is 5.77. The molecule has 2 aromatic heterocycles. The Kier molecular flexibility index (Phi) is 6.92. The molecule has 1 saturated heterocycles. The maximum atomic E-state index is 12.7. The molecule has 1 aromatic carbocycles. The van der Waals surface area contributed by atoms with E-state index in [4.69, 9.17) is 0 Å². The first kappa shape index (κ1) is 19.8. The molecule has 6 nitrogen and oxygen atoms in total. The summed E-state index contributed by atoms with van der Waals surface area (Å²) in [6, 6.07) is 15.9. The number of aromatic nitrogens is 3. The Balaban J connectivity index is 0.00000109. The van der Waals surface area contributed by atoms with Crippen LogP contribution in [0.2, 0.25) is 0 Å². The highest BCUT2D eigenvalue weighted by Gasteiger charge is 2.23. The Morgan fingerprint density at radius 2 is 1.64 bits per heavy atom. The zero-order valence-electron chi connectivity index (χ0n) is 16.5. The van der Waals surface area contributed by atoms with Crippen molar-refractivity contribution in [1.82, 2.24) is 24.6 Å². The number of amides is 1. The number of carbonyl (C=O) groups excluding carboxylic acids is 1. The Labute approximate surface area is 166 Å². The molecule has 3 aromatic rings. The molecule has 1 fully saturated rings. The monoisotopic (exact) mass is 377 g/mol. The standard InChI is InChI=1S/C20H21N5O.C2H6/c26-20(25-15-18(14-22-25)17-6-2-1-3-7-17)24-12-10-23(11-13-24)16-19-8-4-5-9-21-19;1-2/h1-9,14-15H,10-13,16H2;1-2H3. The average Bonchev–Trinajstić information content (AvgIpc) is 3.27. The van der Waals surface area contributed by atoms with Crippen LogP contribution in [0.25, 0.3) is 11.1 Å². The molecule has 0 N–H and O–H groups in total. The van der Waals surface area contributed by atoms with Crippen LogP contribution in [0.3, 0.4) is 0 Å². The molecular weight excluding hydrogens is 350 g/mol. The van der Waals surface area contributed by atoms with Crippen molar-refractivity contribution in [3.63, 3.8) is 0 Å². The lowest BCUT2D eigenvalue weighted by Crippen LogP contribution is -2.49. The van der Waals surface area contributed by atoms with E-state index in [1.807, 2.05) is 73.5 Å². The van der Waals surface area contributed by atoms with Crippen LogP contribution in [0.1, 0.15) is 19.5 Å². The molecule has 146 valence electrons. The lowest BCUT2D eigenvalue weighted by atomic mass is 10.1. The number of piperazine rings is 1. The van der Waals surface area contributed by atoms with Crippen molar-refractivity contribution in [1.29, 1.82) is 0 Å². The van der Waals surface area contributed by atoms with E-state index in [1.54, 1.807) is 12.4 Å². The fourth-order valence-electron chi connectivity index (χ4n) is 3.17. The van der Waals surface area contributed by atoms with Crippen molar-refractivity contribution in [3.05, 3.63) is 72.8 Å². The Morgan fingerprint density at radius 3 is 2.32 bits per heavy atom. The lowest BCUT2D eigenvalue weighted by molar-refractivity contribution is 0.133. The van der Waals surface area contributed by atoms with Crippen LogP contribution in [0.5, 0.6) is 0 Å². The van der Waals surface area contributed by atoms with E-state index in [9.17, 15) is 4.79 Å². The summed E-state index contributed by atoms with van der Waals surface area (Å²) in [5.74, 6) is 0. The molecule has 0 unspecified atom stereocenters. The van der Waals surface area contributed by atoms with Crippen molar-refractivity contribution in [3.8, 4) is 11.1 Å². The quantitative estimate of drug-likeness (QED) is 0.697. The molecule has 1 aliphatic rings. The van der Waals surface area contributed by atoms with Crippen LogP contribution in [-0.4, -0.2) is 56.8 Å². The Hall–Kier alpha value is -2.99. The molecule has 0 saturated carbocycles. The van der Waals surface area contributed by atoms with Crippen LogP contribution < -0.4 is 0 Å². The van der Waals surface area contributed by atoms with E-state index in [0.29, 0.717) is 13.1 Å². The molecule has 0 aliphatic carbocycles. The van der Waals surface area contributed by atoms with Gasteiger partial charge in [0.1, 0.15) is 0 Å². The number of nitrogens with zero attached hydrogens (tertiary/aromatic N) is 5. The van der Waals surface area contributed by atoms with Gasteiger partial charge < -0.3 is 4.90 Å². The van der Waals surface area contributed by atoms with Crippen molar-refractivity contribution in [2.45, 2.75) is 20.4 Å². The highest BCUT2D eigenvalue weighted by atomic mass is 16.2. The second kappa shape index (κ2) is 9.80. The molecule has 0 radical (unpaired) electrons. The zero-order valence-corrected chi connectivity index (χ0v) is 16.5. The summed E-state index contributed by atoms with van der Waals surface area (Å²) in [6.07, 6.45) is 5.36. The van der Waals surface area contributed by atoms with Crippen LogP contribution in [0.15, 0.2) is 67.1 Å². The van der Waals surface area contributed by atoms with E-state index in [1.165, 1.54) is 4.68 Å². The topological polar surface area (TPSA) is 54.3 Å². The largest absolute Gasteiger partial charge is 0.344 e. The fraction of sp³-hybridized carbons (Fsp3) is 0.318. The van der Waals surface area contributed by atoms with E-state index in [-0.39, 0.29) is 6.03 Å². The summed E-state index contributed by atoms with van der Waals surface area (Å²) < 4.78 is 1.44. The van der Waals surface area contributed by atoms with Gasteiger partial charge in [-0.25, -0.2) is 4.79 Å². The van der Waals surface area contributed by atoms with Crippen LogP contribution in [0, 0.1) is 0 Å². The third-order valence-electron chi connectivity index (χ3n) is 4.64. The Morgan fingerprint density at radius 1 is 0.929 bits per heavy atom. The van der Waals surface area contributed by atoms with Crippen LogP contribution in [-0.2, 0) is 6.54 Å². The second-order valence-corrected chi connectivity index (χ2v) is 6.41. The number of benzene rings is 1. The maximum Gasteiger partial charge on any atom is 0.344 e. The molecule has 4 rings (SSSR count). The van der Waals surface area contributed by atoms with Gasteiger partial charge in [-0.2, -0.15) is 9.78 Å². The zero-order chi connectivity index (χ0) is 19.8. The van der Waals surface area contributed by atoms with E-state index in [2.05, 4.69) is 15.0 Å². The minimum atomic E-state index is -0.0651. The summed E-state index contributed by atoms with van der Waals surface area (Å²) in [5.41, 5.74) is 3.08. The predicted molar refractivity (Wildman–Crippen MR) is 111 cm³/mol. The summed E-state index contributed by atoms with van der Waals surface area (Å²) in [5, 5.41) is 4.26. The molecule has 6 heteroatoms. The van der Waals surface area contributed by atoms with Gasteiger partial charge in [0.2, 0.25) is 0 Å². The normalized spacial score (nSPS) is 14.3. The van der Waals surface area contributed by atoms with Crippen molar-refractivity contribution in [2.75, 3.05) is 26.2 Å². The summed E-state index contributed by atoms with van der Waals surface area (Å²) in [6.45, 7) is 7.91. The first-order valence-electron chi connectivity index (χ1n) is 9.81. The number of rotatable bonds is 3. The van der Waals surface area contributed by atoms with Gasteiger partial charge in [-0.1, -0.05) is 50.2 Å². The van der Waals surface area contributed by atoms with E-state index in [0.717, 1.165) is 36.5 Å². The van der Waals surface area contributed by atoms with Gasteiger partial charge in [-0.05, 0) is 17.7 Å². The summed E-state index contributed by atoms with van der Waals surface area (Å²) >= 11 is 0. The summed E-state index contributed by atoms with van der Waals surface area (Å²) in [4.78, 5) is 21.3. The summed E-state index contributed by atoms with van der Waals surface area (Å²) in [7, 11) is 0. The van der Waals surface area contributed by atoms with E-state index >= 15 is 0 Å². The minimum Gasteiger partial charge on any atom is -0.320 e. The average molecular weight is 377 g/mol. The molecular formula is C22H27N5O. The molecule has 1 aliphatic heterocycles. The number of hydrogen-bond donors (Lipinski definition) is 0. The fourth-order valence-corrected chi connectivity index (χ4v) is 3.17. The molecule has 1 amide bonds. The predicted octanol–water partition coefficient (Wildman–Crippen LogP) is 3.76. The third kappa shape index (κ3) is 4.84. The van der Waals surface area contributed by atoms with Gasteiger partial charge in [0.15, 0.2) is 0 Å². The number of hydrogen-bond acceptors (Lipinski definition) is 4. The smallest absolute Gasteiger partial charge is 0.320 e. The molecule has 0 atom stereocenters. The molecule has 3 heterocycles.